The van der Waals surface area contributed by atoms with Crippen LogP contribution in [0.25, 0.3) is 10.9 Å². The van der Waals surface area contributed by atoms with Crippen LogP contribution < -0.4 is 10.1 Å². The first kappa shape index (κ1) is 24.5. The normalized spacial score (nSPS) is 12.0. The summed E-state index contributed by atoms with van der Waals surface area (Å²) in [5, 5.41) is 22.7. The van der Waals surface area contributed by atoms with Crippen molar-refractivity contribution in [3.63, 3.8) is 0 Å². The van der Waals surface area contributed by atoms with Crippen LogP contribution in [0.4, 0.5) is 0 Å². The standard InChI is InChI=1S/C25H27N5O4S/c1-4-30-23(20(14-31)26-24(33)16-9-11-17(34-3)12-10-16)27-28-25(30)35-15-22(32)19-13-29(2)21-8-6-5-7-18(19)21/h5-13,20,31H,4,14-15H2,1-3H3,(H,26,33)/t20-/m0/s1. The highest BCUT2D eigenvalue weighted by molar-refractivity contribution is 7.99. The fourth-order valence-corrected chi connectivity index (χ4v) is 4.80. The van der Waals surface area contributed by atoms with E-state index in [9.17, 15) is 14.7 Å². The molecule has 0 saturated heterocycles. The minimum Gasteiger partial charge on any atom is -0.497 e. The lowest BCUT2D eigenvalue weighted by atomic mass is 10.1. The van der Waals surface area contributed by atoms with E-state index in [1.165, 1.54) is 11.8 Å². The van der Waals surface area contributed by atoms with E-state index in [1.54, 1.807) is 35.9 Å². The fraction of sp³-hybridized carbons (Fsp3) is 0.280. The van der Waals surface area contributed by atoms with Crippen molar-refractivity contribution in [2.45, 2.75) is 24.7 Å². The van der Waals surface area contributed by atoms with Crippen LogP contribution in [0.5, 0.6) is 5.75 Å². The molecule has 0 radical (unpaired) electrons. The Morgan fingerprint density at radius 1 is 1.14 bits per heavy atom. The molecule has 2 N–H and O–H groups in total. The van der Waals surface area contributed by atoms with Gasteiger partial charge in [0, 0.05) is 41.8 Å². The van der Waals surface area contributed by atoms with Crippen molar-refractivity contribution < 1.29 is 19.4 Å². The zero-order valence-corrected chi connectivity index (χ0v) is 20.6. The minimum absolute atomic E-state index is 0.00878. The van der Waals surface area contributed by atoms with E-state index in [1.807, 2.05) is 49.0 Å². The molecular formula is C25H27N5O4S. The number of aliphatic hydroxyl groups excluding tert-OH is 1. The number of carbonyl (C=O) groups excluding carboxylic acids is 2. The lowest BCUT2D eigenvalue weighted by molar-refractivity contribution is 0.0911. The number of ether oxygens (including phenoxy) is 1. The van der Waals surface area contributed by atoms with E-state index in [4.69, 9.17) is 4.74 Å². The maximum atomic E-state index is 13.0. The molecule has 4 aromatic rings. The largest absolute Gasteiger partial charge is 0.497 e. The predicted molar refractivity (Wildman–Crippen MR) is 134 cm³/mol. The van der Waals surface area contributed by atoms with Gasteiger partial charge in [-0.25, -0.2) is 0 Å². The summed E-state index contributed by atoms with van der Waals surface area (Å²) in [6.07, 6.45) is 1.85. The number of nitrogens with zero attached hydrogens (tertiary/aromatic N) is 4. The highest BCUT2D eigenvalue weighted by Crippen LogP contribution is 2.25. The molecule has 0 bridgehead atoms. The maximum absolute atomic E-state index is 13.0. The summed E-state index contributed by atoms with van der Waals surface area (Å²) in [5.41, 5.74) is 2.10. The number of carbonyl (C=O) groups is 2. The number of nitrogens with one attached hydrogen (secondary N) is 1. The molecule has 1 amide bonds. The summed E-state index contributed by atoms with van der Waals surface area (Å²) >= 11 is 1.28. The van der Waals surface area contributed by atoms with E-state index in [0.29, 0.717) is 34.4 Å². The van der Waals surface area contributed by atoms with Crippen LogP contribution in [-0.2, 0) is 13.6 Å². The van der Waals surface area contributed by atoms with Gasteiger partial charge in [-0.15, -0.1) is 10.2 Å². The smallest absolute Gasteiger partial charge is 0.251 e. The van der Waals surface area contributed by atoms with Gasteiger partial charge in [-0.1, -0.05) is 30.0 Å². The third-order valence-corrected chi connectivity index (χ3v) is 6.71. The number of methoxy groups -OCH3 is 1. The minimum atomic E-state index is -0.750. The number of aromatic nitrogens is 4. The highest BCUT2D eigenvalue weighted by atomic mass is 32.2. The average molecular weight is 494 g/mol. The molecule has 0 fully saturated rings. The summed E-state index contributed by atoms with van der Waals surface area (Å²) in [6, 6.07) is 13.7. The van der Waals surface area contributed by atoms with Crippen molar-refractivity contribution in [3.05, 3.63) is 71.7 Å². The summed E-state index contributed by atoms with van der Waals surface area (Å²) < 4.78 is 8.87. The van der Waals surface area contributed by atoms with Crippen LogP contribution in [0.15, 0.2) is 59.9 Å². The second-order valence-corrected chi connectivity index (χ2v) is 8.85. The maximum Gasteiger partial charge on any atom is 0.251 e. The Morgan fingerprint density at radius 3 is 2.57 bits per heavy atom. The number of benzene rings is 2. The first-order valence-corrected chi connectivity index (χ1v) is 12.1. The molecule has 4 rings (SSSR count). The topological polar surface area (TPSA) is 111 Å². The number of aryl methyl sites for hydroxylation is 1. The molecule has 0 aliphatic heterocycles. The van der Waals surface area contributed by atoms with E-state index >= 15 is 0 Å². The molecule has 35 heavy (non-hydrogen) atoms. The first-order valence-electron chi connectivity index (χ1n) is 11.2. The predicted octanol–water partition coefficient (Wildman–Crippen LogP) is 3.24. The number of rotatable bonds is 10. The number of para-hydroxylation sites is 1. The monoisotopic (exact) mass is 493 g/mol. The Kier molecular flexibility index (Phi) is 7.52. The molecule has 2 aromatic heterocycles. The molecule has 2 aromatic carbocycles. The SMILES string of the molecule is CCn1c(SCC(=O)c2cn(C)c3ccccc23)nnc1[C@H](CO)NC(=O)c1ccc(OC)cc1. The molecule has 1 atom stereocenters. The van der Waals surface area contributed by atoms with Gasteiger partial charge in [0.15, 0.2) is 16.8 Å². The van der Waals surface area contributed by atoms with Gasteiger partial charge in [0.2, 0.25) is 0 Å². The fourth-order valence-electron chi connectivity index (χ4n) is 3.91. The van der Waals surface area contributed by atoms with E-state index in [-0.39, 0.29) is 24.1 Å². The number of hydrogen-bond acceptors (Lipinski definition) is 7. The molecule has 9 nitrogen and oxygen atoms in total. The van der Waals surface area contributed by atoms with Crippen molar-refractivity contribution in [1.82, 2.24) is 24.6 Å². The quantitative estimate of drug-likeness (QED) is 0.258. The van der Waals surface area contributed by atoms with Gasteiger partial charge in [0.1, 0.15) is 11.8 Å². The van der Waals surface area contributed by atoms with Gasteiger partial charge >= 0.3 is 0 Å². The lowest BCUT2D eigenvalue weighted by Crippen LogP contribution is -2.32. The number of thioether (sulfide) groups is 1. The number of Topliss-reactive ketones (excluding diaryl/α,β-unsaturated/α-hetero) is 1. The van der Waals surface area contributed by atoms with Crippen molar-refractivity contribution in [2.24, 2.45) is 7.05 Å². The Balaban J connectivity index is 1.48. The summed E-state index contributed by atoms with van der Waals surface area (Å²) in [6.45, 7) is 2.09. The van der Waals surface area contributed by atoms with E-state index in [0.717, 1.165) is 10.9 Å². The Bertz CT molecular complexity index is 1350. The van der Waals surface area contributed by atoms with Gasteiger partial charge in [-0.3, -0.25) is 9.59 Å². The van der Waals surface area contributed by atoms with Crippen LogP contribution in [0.3, 0.4) is 0 Å². The van der Waals surface area contributed by atoms with Gasteiger partial charge in [0.25, 0.3) is 5.91 Å². The second kappa shape index (κ2) is 10.7. The summed E-state index contributed by atoms with van der Waals surface area (Å²) in [7, 11) is 3.47. The number of amides is 1. The molecule has 10 heteroatoms. The molecule has 0 aliphatic rings. The molecule has 0 aliphatic carbocycles. The van der Waals surface area contributed by atoms with Crippen LogP contribution in [0, 0.1) is 0 Å². The zero-order valence-electron chi connectivity index (χ0n) is 19.8. The van der Waals surface area contributed by atoms with Gasteiger partial charge in [0.05, 0.1) is 19.5 Å². The number of fused-ring (bicyclic) bond motifs is 1. The summed E-state index contributed by atoms with van der Waals surface area (Å²) in [5.74, 6) is 0.902. The Hall–Kier alpha value is -3.63. The zero-order chi connectivity index (χ0) is 24.9. The molecule has 0 saturated carbocycles. The van der Waals surface area contributed by atoms with Crippen LogP contribution in [0.1, 0.15) is 39.5 Å². The average Bonchev–Trinajstić information content (AvgIpc) is 3.46. The number of hydrogen-bond donors (Lipinski definition) is 2. The van der Waals surface area contributed by atoms with Gasteiger partial charge in [-0.2, -0.15) is 0 Å². The lowest BCUT2D eigenvalue weighted by Gasteiger charge is -2.17. The molecule has 0 unspecified atom stereocenters. The third kappa shape index (κ3) is 5.08. The molecule has 2 heterocycles. The highest BCUT2D eigenvalue weighted by Gasteiger charge is 2.24. The third-order valence-electron chi connectivity index (χ3n) is 5.74. The molecule has 182 valence electrons. The van der Waals surface area contributed by atoms with E-state index in [2.05, 4.69) is 15.5 Å². The van der Waals surface area contributed by atoms with Gasteiger partial charge < -0.3 is 24.3 Å². The Morgan fingerprint density at radius 2 is 1.89 bits per heavy atom. The van der Waals surface area contributed by atoms with Crippen molar-refractivity contribution in [2.75, 3.05) is 19.5 Å². The van der Waals surface area contributed by atoms with Crippen molar-refractivity contribution in [3.8, 4) is 5.75 Å². The van der Waals surface area contributed by atoms with Gasteiger partial charge in [-0.05, 0) is 37.3 Å². The summed E-state index contributed by atoms with van der Waals surface area (Å²) in [4.78, 5) is 25.7. The molecule has 0 spiro atoms. The van der Waals surface area contributed by atoms with Crippen molar-refractivity contribution in [1.29, 1.82) is 0 Å². The van der Waals surface area contributed by atoms with Crippen molar-refractivity contribution >= 4 is 34.4 Å². The Labute approximate surface area is 207 Å². The number of ketones is 1. The second-order valence-electron chi connectivity index (χ2n) is 7.90. The van der Waals surface area contributed by atoms with E-state index < -0.39 is 6.04 Å². The van der Waals surface area contributed by atoms with Crippen LogP contribution >= 0.6 is 11.8 Å². The van der Waals surface area contributed by atoms with Crippen LogP contribution in [-0.4, -0.2) is 55.6 Å². The first-order chi connectivity index (χ1) is 17.0. The number of aliphatic hydroxyl groups is 1. The van der Waals surface area contributed by atoms with Crippen LogP contribution in [0.2, 0.25) is 0 Å². The molecular weight excluding hydrogens is 466 g/mol.